The molecule has 9 nitrogen and oxygen atoms in total. The van der Waals surface area contributed by atoms with E-state index >= 15 is 0 Å². The first-order valence-corrected chi connectivity index (χ1v) is 11.3. The third-order valence-corrected chi connectivity index (χ3v) is 6.53. The van der Waals surface area contributed by atoms with E-state index in [1.165, 1.54) is 24.5 Å². The maximum Gasteiger partial charge on any atom is 0.301 e. The molecule has 0 bridgehead atoms. The third kappa shape index (κ3) is 3.83. The predicted molar refractivity (Wildman–Crippen MR) is 123 cm³/mol. The number of rotatable bonds is 5. The van der Waals surface area contributed by atoms with E-state index in [2.05, 4.69) is 15.1 Å². The number of nitrogens with zero attached hydrogens (tertiary/aromatic N) is 4. The van der Waals surface area contributed by atoms with Crippen LogP contribution in [0.1, 0.15) is 37.7 Å². The molecule has 1 aliphatic heterocycles. The van der Waals surface area contributed by atoms with E-state index in [0.29, 0.717) is 23.0 Å². The Balaban J connectivity index is 1.58. The fraction of sp³-hybridized carbons (Fsp3) is 0.320. The van der Waals surface area contributed by atoms with E-state index in [9.17, 15) is 14.7 Å². The molecule has 0 aromatic carbocycles. The molecule has 1 unspecified atom stereocenters. The summed E-state index contributed by atoms with van der Waals surface area (Å²) in [5.41, 5.74) is 1.81. The second kappa shape index (κ2) is 9.09. The van der Waals surface area contributed by atoms with Crippen molar-refractivity contribution < 1.29 is 24.0 Å². The van der Waals surface area contributed by atoms with Crippen LogP contribution in [0.4, 0.5) is 5.82 Å². The van der Waals surface area contributed by atoms with E-state index in [1.807, 2.05) is 0 Å². The van der Waals surface area contributed by atoms with Gasteiger partial charge in [0.1, 0.15) is 23.5 Å². The average Bonchev–Trinajstić information content (AvgIpc) is 3.52. The number of carbonyl (C=O) groups excluding carboxylic acids is 2. The first-order valence-electron chi connectivity index (χ1n) is 11.3. The van der Waals surface area contributed by atoms with Crippen molar-refractivity contribution in [3.05, 3.63) is 60.1 Å². The van der Waals surface area contributed by atoms with Crippen LogP contribution in [0.5, 0.6) is 5.88 Å². The lowest BCUT2D eigenvalue weighted by Gasteiger charge is -2.33. The smallest absolute Gasteiger partial charge is 0.301 e. The van der Waals surface area contributed by atoms with Crippen molar-refractivity contribution in [3.8, 4) is 17.1 Å². The van der Waals surface area contributed by atoms with Gasteiger partial charge in [-0.15, -0.1) is 0 Å². The minimum Gasteiger partial charge on any atom is -0.507 e. The first kappa shape index (κ1) is 21.8. The van der Waals surface area contributed by atoms with Crippen LogP contribution in [0.25, 0.3) is 17.0 Å². The molecule has 1 amide bonds. The molecular weight excluding hydrogens is 436 g/mol. The summed E-state index contributed by atoms with van der Waals surface area (Å²) in [6, 6.07) is 7.81. The van der Waals surface area contributed by atoms with Gasteiger partial charge in [0.05, 0.1) is 18.7 Å². The lowest BCUT2D eigenvalue weighted by Crippen LogP contribution is -2.40. The van der Waals surface area contributed by atoms with Gasteiger partial charge in [0, 0.05) is 35.7 Å². The number of carbonyl (C=O) groups is 2. The standard InChI is InChI=1S/C25H24N4O5/c1-33-20-10-8-17(14-27-20)23(30)21-22(15-5-3-2-4-6-15)29(25(32)24(21)31)19-9-7-16(13-26-19)18-11-12-34-28-18/h7-15,22,30H,2-6H2,1H3. The summed E-state index contributed by atoms with van der Waals surface area (Å²) in [6.45, 7) is 0. The third-order valence-electron chi connectivity index (χ3n) is 6.53. The predicted octanol–water partition coefficient (Wildman–Crippen LogP) is 3.97. The van der Waals surface area contributed by atoms with Crippen LogP contribution in [0.3, 0.4) is 0 Å². The summed E-state index contributed by atoms with van der Waals surface area (Å²) in [5, 5.41) is 15.1. The fourth-order valence-electron chi connectivity index (χ4n) is 4.84. The van der Waals surface area contributed by atoms with Crippen molar-refractivity contribution in [1.29, 1.82) is 0 Å². The number of hydrogen-bond donors (Lipinski definition) is 1. The SMILES string of the molecule is COc1ccc(C(O)=C2C(=O)C(=O)N(c3ccc(-c4ccon4)cn3)C2C2CCCCC2)cn1. The number of aromatic nitrogens is 3. The van der Waals surface area contributed by atoms with Crippen molar-refractivity contribution in [1.82, 2.24) is 15.1 Å². The number of Topliss-reactive ketones (excluding diaryl/α,β-unsaturated/α-hetero) is 1. The Morgan fingerprint density at radius 2 is 1.88 bits per heavy atom. The Kier molecular flexibility index (Phi) is 5.83. The number of hydrogen-bond acceptors (Lipinski definition) is 8. The van der Waals surface area contributed by atoms with E-state index in [0.717, 1.165) is 37.7 Å². The summed E-state index contributed by atoms with van der Waals surface area (Å²) in [7, 11) is 1.50. The summed E-state index contributed by atoms with van der Waals surface area (Å²) < 4.78 is 9.97. The number of aliphatic hydroxyl groups is 1. The minimum absolute atomic E-state index is 0.0320. The van der Waals surface area contributed by atoms with Crippen LogP contribution in [0, 0.1) is 5.92 Å². The zero-order valence-electron chi connectivity index (χ0n) is 18.7. The number of anilines is 1. The average molecular weight is 460 g/mol. The van der Waals surface area contributed by atoms with Gasteiger partial charge in [0.2, 0.25) is 5.88 Å². The van der Waals surface area contributed by atoms with Crippen LogP contribution in [-0.2, 0) is 9.59 Å². The van der Waals surface area contributed by atoms with Crippen LogP contribution in [0.2, 0.25) is 0 Å². The van der Waals surface area contributed by atoms with Crippen molar-refractivity contribution in [2.24, 2.45) is 5.92 Å². The number of ketones is 1. The molecule has 9 heteroatoms. The van der Waals surface area contributed by atoms with Gasteiger partial charge in [-0.3, -0.25) is 14.5 Å². The lowest BCUT2D eigenvalue weighted by molar-refractivity contribution is -0.132. The molecule has 1 saturated carbocycles. The molecule has 0 radical (unpaired) electrons. The second-order valence-electron chi connectivity index (χ2n) is 8.49. The van der Waals surface area contributed by atoms with Crippen LogP contribution < -0.4 is 9.64 Å². The number of amides is 1. The molecule has 34 heavy (non-hydrogen) atoms. The molecule has 2 fully saturated rings. The Labute approximate surface area is 196 Å². The van der Waals surface area contributed by atoms with Crippen LogP contribution in [-0.4, -0.2) is 45.1 Å². The van der Waals surface area contributed by atoms with Crippen LogP contribution >= 0.6 is 0 Å². The maximum atomic E-state index is 13.2. The largest absolute Gasteiger partial charge is 0.507 e. The zero-order chi connectivity index (χ0) is 23.7. The van der Waals surface area contributed by atoms with Crippen molar-refractivity contribution >= 4 is 23.3 Å². The Hall–Kier alpha value is -4.01. The molecule has 174 valence electrons. The van der Waals surface area contributed by atoms with E-state index in [-0.39, 0.29) is 17.3 Å². The molecule has 3 aromatic heterocycles. The van der Waals surface area contributed by atoms with Gasteiger partial charge in [0.15, 0.2) is 0 Å². The highest BCUT2D eigenvalue weighted by atomic mass is 16.5. The summed E-state index contributed by atoms with van der Waals surface area (Å²) in [6.07, 6.45) is 9.35. The van der Waals surface area contributed by atoms with Gasteiger partial charge in [-0.25, -0.2) is 9.97 Å². The topological polar surface area (TPSA) is 119 Å². The molecule has 1 saturated heterocycles. The molecule has 1 aliphatic carbocycles. The van der Waals surface area contributed by atoms with Crippen LogP contribution in [0.15, 0.2) is 59.1 Å². The normalized spacial score (nSPS) is 20.6. The quantitative estimate of drug-likeness (QED) is 0.345. The minimum atomic E-state index is -0.716. The van der Waals surface area contributed by atoms with Gasteiger partial charge in [-0.2, -0.15) is 0 Å². The van der Waals surface area contributed by atoms with E-state index in [1.54, 1.807) is 36.5 Å². The van der Waals surface area contributed by atoms with Crippen molar-refractivity contribution in [2.75, 3.05) is 12.0 Å². The highest BCUT2D eigenvalue weighted by molar-refractivity contribution is 6.51. The van der Waals surface area contributed by atoms with Crippen molar-refractivity contribution in [2.45, 2.75) is 38.1 Å². The van der Waals surface area contributed by atoms with Crippen molar-refractivity contribution in [3.63, 3.8) is 0 Å². The summed E-state index contributed by atoms with van der Waals surface area (Å²) in [4.78, 5) is 36.5. The van der Waals surface area contributed by atoms with Gasteiger partial charge < -0.3 is 14.4 Å². The summed E-state index contributed by atoms with van der Waals surface area (Å²) >= 11 is 0. The highest BCUT2D eigenvalue weighted by Crippen LogP contribution is 2.41. The molecule has 4 heterocycles. The van der Waals surface area contributed by atoms with E-state index in [4.69, 9.17) is 9.26 Å². The second-order valence-corrected chi connectivity index (χ2v) is 8.49. The molecule has 1 atom stereocenters. The number of ether oxygens (including phenoxy) is 1. The molecule has 0 spiro atoms. The Morgan fingerprint density at radius 3 is 2.50 bits per heavy atom. The maximum absolute atomic E-state index is 13.2. The van der Waals surface area contributed by atoms with Gasteiger partial charge >= 0.3 is 5.91 Å². The monoisotopic (exact) mass is 460 g/mol. The highest BCUT2D eigenvalue weighted by Gasteiger charge is 2.49. The Morgan fingerprint density at radius 1 is 1.06 bits per heavy atom. The molecular formula is C25H24N4O5. The molecule has 1 N–H and O–H groups in total. The number of aliphatic hydroxyl groups excluding tert-OH is 1. The van der Waals surface area contributed by atoms with E-state index < -0.39 is 17.7 Å². The molecule has 3 aromatic rings. The summed E-state index contributed by atoms with van der Waals surface area (Å²) in [5.74, 6) is -0.865. The van der Waals surface area contributed by atoms with Gasteiger partial charge in [0.25, 0.3) is 5.78 Å². The Bertz CT molecular complexity index is 1210. The lowest BCUT2D eigenvalue weighted by atomic mass is 9.80. The number of methoxy groups -OCH3 is 1. The number of pyridine rings is 2. The molecule has 2 aliphatic rings. The molecule has 5 rings (SSSR count). The van der Waals surface area contributed by atoms with Gasteiger partial charge in [-0.1, -0.05) is 24.4 Å². The first-order chi connectivity index (χ1) is 16.6. The zero-order valence-corrected chi connectivity index (χ0v) is 18.7. The fourth-order valence-corrected chi connectivity index (χ4v) is 4.84. The van der Waals surface area contributed by atoms with Gasteiger partial charge in [-0.05, 0) is 37.0 Å².